The highest BCUT2D eigenvalue weighted by atomic mass is 16.7. The highest BCUT2D eigenvalue weighted by molar-refractivity contribution is 5.95. The van der Waals surface area contributed by atoms with E-state index >= 15 is 0 Å². The minimum atomic E-state index is -1.21. The highest BCUT2D eigenvalue weighted by Gasteiger charge is 2.35. The van der Waals surface area contributed by atoms with Crippen LogP contribution in [0.25, 0.3) is 10.8 Å². The number of carbonyl (C=O) groups excluding carboxylic acids is 4. The fourth-order valence-electron chi connectivity index (χ4n) is 3.27. The summed E-state index contributed by atoms with van der Waals surface area (Å²) in [6, 6.07) is 11.6. The molecule has 10 nitrogen and oxygen atoms in total. The molecule has 35 heavy (non-hydrogen) atoms. The summed E-state index contributed by atoms with van der Waals surface area (Å²) in [5.41, 5.74) is 2.59. The molecule has 1 heterocycles. The van der Waals surface area contributed by atoms with Gasteiger partial charge in [-0.3, -0.25) is 24.0 Å². The predicted octanol–water partition coefficient (Wildman–Crippen LogP) is 1.08. The van der Waals surface area contributed by atoms with Crippen molar-refractivity contribution in [3.63, 3.8) is 0 Å². The van der Waals surface area contributed by atoms with Gasteiger partial charge < -0.3 is 20.7 Å². The zero-order valence-electron chi connectivity index (χ0n) is 20.3. The van der Waals surface area contributed by atoms with Gasteiger partial charge in [-0.05, 0) is 44.0 Å². The molecule has 188 valence electrons. The van der Waals surface area contributed by atoms with E-state index in [9.17, 15) is 19.2 Å². The van der Waals surface area contributed by atoms with Crippen LogP contribution < -0.4 is 21.4 Å². The molecule has 1 unspecified atom stereocenters. The summed E-state index contributed by atoms with van der Waals surface area (Å²) in [6.45, 7) is 7.33. The van der Waals surface area contributed by atoms with Crippen LogP contribution in [0.15, 0.2) is 42.5 Å². The summed E-state index contributed by atoms with van der Waals surface area (Å²) >= 11 is 0. The zero-order valence-corrected chi connectivity index (χ0v) is 20.3. The molecule has 2 aromatic carbocycles. The molecule has 3 atom stereocenters. The maximum absolute atomic E-state index is 12.9. The van der Waals surface area contributed by atoms with Gasteiger partial charge >= 0.3 is 0 Å². The third-order valence-electron chi connectivity index (χ3n) is 5.20. The van der Waals surface area contributed by atoms with Gasteiger partial charge in [-0.25, -0.2) is 5.48 Å². The van der Waals surface area contributed by atoms with Gasteiger partial charge in [0.05, 0.1) is 18.6 Å². The fraction of sp³-hybridized carbons (Fsp3) is 0.440. The van der Waals surface area contributed by atoms with Gasteiger partial charge in [0.1, 0.15) is 12.1 Å². The van der Waals surface area contributed by atoms with Crippen molar-refractivity contribution in [1.82, 2.24) is 21.4 Å². The van der Waals surface area contributed by atoms with Crippen LogP contribution in [0.1, 0.15) is 39.7 Å². The normalized spacial score (nSPS) is 16.6. The van der Waals surface area contributed by atoms with Crippen LogP contribution in [0.5, 0.6) is 0 Å². The monoisotopic (exact) mass is 484 g/mol. The van der Waals surface area contributed by atoms with Crippen LogP contribution in [0.2, 0.25) is 0 Å². The summed E-state index contributed by atoms with van der Waals surface area (Å²) in [4.78, 5) is 55.2. The molecular formula is C25H32N4O6. The Morgan fingerprint density at radius 1 is 1.03 bits per heavy atom. The van der Waals surface area contributed by atoms with Crippen molar-refractivity contribution in [2.75, 3.05) is 6.61 Å². The Bertz CT molecular complexity index is 1090. The Morgan fingerprint density at radius 2 is 1.71 bits per heavy atom. The summed E-state index contributed by atoms with van der Waals surface area (Å²) in [5, 5.41) is 9.99. The number of hydroxylamine groups is 1. The average Bonchev–Trinajstić information content (AvgIpc) is 3.66. The second-order valence-electron chi connectivity index (χ2n) is 9.41. The molecular weight excluding hydrogens is 452 g/mol. The maximum Gasteiger partial charge on any atom is 0.252 e. The van der Waals surface area contributed by atoms with E-state index in [0.29, 0.717) is 0 Å². The van der Waals surface area contributed by atoms with Crippen molar-refractivity contribution in [3.05, 3.63) is 48.0 Å². The van der Waals surface area contributed by atoms with Crippen LogP contribution in [0.4, 0.5) is 0 Å². The van der Waals surface area contributed by atoms with Gasteiger partial charge in [0, 0.05) is 6.54 Å². The Kier molecular flexibility index (Phi) is 8.42. The third-order valence-corrected chi connectivity index (χ3v) is 5.20. The van der Waals surface area contributed by atoms with Crippen molar-refractivity contribution in [1.29, 1.82) is 0 Å². The number of amides is 4. The van der Waals surface area contributed by atoms with E-state index < -0.39 is 47.4 Å². The number of hydrogen-bond donors (Lipinski definition) is 4. The number of nitrogens with one attached hydrogen (secondary N) is 4. The molecule has 0 saturated carbocycles. The largest absolute Gasteiger partial charge is 0.363 e. The fourth-order valence-corrected chi connectivity index (χ4v) is 3.27. The van der Waals surface area contributed by atoms with Crippen molar-refractivity contribution < 1.29 is 28.8 Å². The second kappa shape index (κ2) is 11.3. The zero-order chi connectivity index (χ0) is 25.6. The summed E-state index contributed by atoms with van der Waals surface area (Å²) in [6.07, 6.45) is -1.01. The van der Waals surface area contributed by atoms with Crippen molar-refractivity contribution in [2.24, 2.45) is 0 Å². The van der Waals surface area contributed by atoms with Crippen molar-refractivity contribution in [2.45, 2.75) is 64.4 Å². The van der Waals surface area contributed by atoms with E-state index in [2.05, 4.69) is 21.4 Å². The lowest BCUT2D eigenvalue weighted by atomic mass is 10.0. The molecule has 2 aromatic rings. The Labute approximate surface area is 204 Å². The summed E-state index contributed by atoms with van der Waals surface area (Å²) < 4.78 is 4.94. The summed E-state index contributed by atoms with van der Waals surface area (Å²) in [7, 11) is 0. The number of hydrogen-bond acceptors (Lipinski definition) is 6. The third kappa shape index (κ3) is 8.04. The molecule has 1 fully saturated rings. The molecule has 0 spiro atoms. The lowest BCUT2D eigenvalue weighted by Gasteiger charge is -2.22. The van der Waals surface area contributed by atoms with E-state index in [1.807, 2.05) is 42.5 Å². The first-order valence-corrected chi connectivity index (χ1v) is 11.5. The molecule has 0 bridgehead atoms. The molecule has 10 heteroatoms. The summed E-state index contributed by atoms with van der Waals surface area (Å²) in [5.74, 6) is -2.16. The van der Waals surface area contributed by atoms with Crippen LogP contribution in [0, 0.1) is 0 Å². The SMILES string of the molecule is C[C@H](NC(=O)C(CC(=O)NOC(C)(C)C)NC(=O)[C@@H]1CO1)C(=O)NCc1cccc2ccccc12. The first-order chi connectivity index (χ1) is 16.5. The number of ether oxygens (including phenoxy) is 1. The van der Waals surface area contributed by atoms with Crippen LogP contribution in [0.3, 0.4) is 0 Å². The predicted molar refractivity (Wildman–Crippen MR) is 129 cm³/mol. The molecule has 4 N–H and O–H groups in total. The van der Waals surface area contributed by atoms with E-state index in [0.717, 1.165) is 16.3 Å². The molecule has 1 aliphatic rings. The topological polar surface area (TPSA) is 138 Å². The quantitative estimate of drug-likeness (QED) is 0.294. The average molecular weight is 485 g/mol. The van der Waals surface area contributed by atoms with Gasteiger partial charge in [-0.1, -0.05) is 42.5 Å². The van der Waals surface area contributed by atoms with Crippen molar-refractivity contribution >= 4 is 34.4 Å². The lowest BCUT2D eigenvalue weighted by Crippen LogP contribution is -2.54. The molecule has 0 aromatic heterocycles. The Balaban J connectivity index is 1.57. The number of carbonyl (C=O) groups is 4. The van der Waals surface area contributed by atoms with Gasteiger partial charge in [0.25, 0.3) is 5.91 Å². The number of epoxide rings is 1. The van der Waals surface area contributed by atoms with Gasteiger partial charge in [0.2, 0.25) is 17.7 Å². The van der Waals surface area contributed by atoms with E-state index in [4.69, 9.17) is 9.57 Å². The first kappa shape index (κ1) is 26.1. The lowest BCUT2D eigenvalue weighted by molar-refractivity contribution is -0.147. The highest BCUT2D eigenvalue weighted by Crippen LogP contribution is 2.18. The maximum atomic E-state index is 12.9. The van der Waals surface area contributed by atoms with E-state index in [-0.39, 0.29) is 19.6 Å². The minimum Gasteiger partial charge on any atom is -0.363 e. The molecule has 0 radical (unpaired) electrons. The van der Waals surface area contributed by atoms with E-state index in [1.165, 1.54) is 6.92 Å². The second-order valence-corrected chi connectivity index (χ2v) is 9.41. The molecule has 1 saturated heterocycles. The van der Waals surface area contributed by atoms with Crippen LogP contribution in [-0.2, 0) is 35.3 Å². The molecule has 3 rings (SSSR count). The number of fused-ring (bicyclic) bond motifs is 1. The molecule has 1 aliphatic heterocycles. The smallest absolute Gasteiger partial charge is 0.252 e. The Morgan fingerprint density at radius 3 is 2.40 bits per heavy atom. The minimum absolute atomic E-state index is 0.256. The van der Waals surface area contributed by atoms with E-state index in [1.54, 1.807) is 20.8 Å². The Hall–Kier alpha value is -3.50. The standard InChI is InChI=1S/C25H32N4O6/c1-15(22(31)26-13-17-10-7-9-16-8-5-6-11-18(16)17)27-23(32)19(28-24(33)20-14-34-20)12-21(30)29-35-25(2,3)4/h5-11,15,19-20H,12-14H2,1-4H3,(H,26,31)(H,27,32)(H,28,33)(H,29,30)/t15-,19?,20-/m0/s1. The van der Waals surface area contributed by atoms with Gasteiger partial charge in [-0.15, -0.1) is 0 Å². The van der Waals surface area contributed by atoms with Crippen LogP contribution in [-0.4, -0.2) is 54.0 Å². The number of benzene rings is 2. The van der Waals surface area contributed by atoms with Gasteiger partial charge in [0.15, 0.2) is 6.10 Å². The van der Waals surface area contributed by atoms with Crippen molar-refractivity contribution in [3.8, 4) is 0 Å². The first-order valence-electron chi connectivity index (χ1n) is 11.5. The molecule has 0 aliphatic carbocycles. The van der Waals surface area contributed by atoms with Crippen LogP contribution >= 0.6 is 0 Å². The van der Waals surface area contributed by atoms with Gasteiger partial charge in [-0.2, -0.15) is 0 Å². The molecule has 4 amide bonds. The number of rotatable bonds is 10.